The molecule has 0 aliphatic heterocycles. The molecule has 0 amide bonds. The highest BCUT2D eigenvalue weighted by molar-refractivity contribution is 6.03. The van der Waals surface area contributed by atoms with Crippen LogP contribution in [0.25, 0.3) is 16.9 Å². The fourth-order valence-corrected chi connectivity index (χ4v) is 3.38. The molecule has 2 heterocycles. The van der Waals surface area contributed by atoms with Crippen LogP contribution in [0, 0.1) is 12.7 Å². The number of aryl methyl sites for hydroxylation is 1. The second-order valence-corrected chi connectivity index (χ2v) is 7.30. The Morgan fingerprint density at radius 2 is 1.90 bits per heavy atom. The summed E-state index contributed by atoms with van der Waals surface area (Å²) >= 11 is 0. The SMILES string of the molecule is Cc1cc2c(C(=O)O)cccc2n1-c1nc(NCc2cccc(F)c2)nc(N(C)C)n1. The predicted molar refractivity (Wildman–Crippen MR) is 116 cm³/mol. The van der Waals surface area contributed by atoms with Gasteiger partial charge in [0.25, 0.3) is 0 Å². The molecule has 9 heteroatoms. The molecule has 8 nitrogen and oxygen atoms in total. The summed E-state index contributed by atoms with van der Waals surface area (Å²) in [5, 5.41) is 13.2. The van der Waals surface area contributed by atoms with Gasteiger partial charge in [-0.05, 0) is 42.8 Å². The third kappa shape index (κ3) is 4.02. The Morgan fingerprint density at radius 1 is 1.13 bits per heavy atom. The first-order valence-corrected chi connectivity index (χ1v) is 9.60. The number of aromatic nitrogens is 4. The Bertz CT molecular complexity index is 1280. The van der Waals surface area contributed by atoms with Crippen LogP contribution in [-0.2, 0) is 6.54 Å². The third-order valence-corrected chi connectivity index (χ3v) is 4.81. The van der Waals surface area contributed by atoms with Gasteiger partial charge in [0.2, 0.25) is 17.8 Å². The van der Waals surface area contributed by atoms with Gasteiger partial charge in [0.15, 0.2) is 0 Å². The van der Waals surface area contributed by atoms with Crippen LogP contribution >= 0.6 is 0 Å². The maximum absolute atomic E-state index is 13.5. The molecule has 2 N–H and O–H groups in total. The van der Waals surface area contributed by atoms with E-state index in [0.717, 1.165) is 11.3 Å². The summed E-state index contributed by atoms with van der Waals surface area (Å²) in [4.78, 5) is 26.9. The summed E-state index contributed by atoms with van der Waals surface area (Å²) in [7, 11) is 3.64. The minimum atomic E-state index is -0.996. The molecule has 0 aliphatic rings. The molecule has 0 saturated heterocycles. The number of nitrogens with zero attached hydrogens (tertiary/aromatic N) is 5. The van der Waals surface area contributed by atoms with E-state index in [0.29, 0.717) is 35.3 Å². The van der Waals surface area contributed by atoms with E-state index in [1.165, 1.54) is 12.1 Å². The van der Waals surface area contributed by atoms with Gasteiger partial charge >= 0.3 is 5.97 Å². The molecule has 0 spiro atoms. The van der Waals surface area contributed by atoms with E-state index in [-0.39, 0.29) is 11.4 Å². The van der Waals surface area contributed by atoms with E-state index in [1.54, 1.807) is 33.7 Å². The standard InChI is InChI=1S/C22H21FN6O2/c1-13-10-17-16(19(30)31)8-5-9-18(17)29(13)22-26-20(25-21(27-22)28(2)3)24-12-14-6-4-7-15(23)11-14/h4-11H,12H2,1-3H3,(H,30,31)(H,24,25,26,27). The molecular weight excluding hydrogens is 399 g/mol. The van der Waals surface area contributed by atoms with Crippen LogP contribution in [0.3, 0.4) is 0 Å². The molecule has 0 unspecified atom stereocenters. The second kappa shape index (κ2) is 8.02. The Balaban J connectivity index is 1.79. The molecular formula is C22H21FN6O2. The number of aromatic carboxylic acids is 1. The molecule has 0 aliphatic carbocycles. The van der Waals surface area contributed by atoms with Crippen molar-refractivity contribution in [1.29, 1.82) is 0 Å². The maximum atomic E-state index is 13.5. The quantitative estimate of drug-likeness (QED) is 0.492. The van der Waals surface area contributed by atoms with Gasteiger partial charge in [0.1, 0.15) is 5.82 Å². The third-order valence-electron chi connectivity index (χ3n) is 4.81. The van der Waals surface area contributed by atoms with E-state index < -0.39 is 5.97 Å². The Hall–Kier alpha value is -4.01. The molecule has 0 radical (unpaired) electrons. The van der Waals surface area contributed by atoms with Gasteiger partial charge < -0.3 is 15.3 Å². The maximum Gasteiger partial charge on any atom is 0.336 e. The van der Waals surface area contributed by atoms with Crippen LogP contribution in [-0.4, -0.2) is 44.7 Å². The Labute approximate surface area is 178 Å². The number of carboxylic acids is 1. The van der Waals surface area contributed by atoms with Gasteiger partial charge in [0.05, 0.1) is 11.1 Å². The molecule has 2 aromatic carbocycles. The highest BCUT2D eigenvalue weighted by Gasteiger charge is 2.18. The van der Waals surface area contributed by atoms with E-state index in [4.69, 9.17) is 0 Å². The summed E-state index contributed by atoms with van der Waals surface area (Å²) in [5.41, 5.74) is 2.44. The molecule has 0 saturated carbocycles. The molecule has 4 rings (SSSR count). The first-order chi connectivity index (χ1) is 14.8. The number of carbonyl (C=O) groups is 1. The van der Waals surface area contributed by atoms with Crippen molar-refractivity contribution in [2.45, 2.75) is 13.5 Å². The van der Waals surface area contributed by atoms with Crippen LogP contribution in [0.1, 0.15) is 21.6 Å². The fraction of sp³-hybridized carbons (Fsp3) is 0.182. The monoisotopic (exact) mass is 420 g/mol. The van der Waals surface area contributed by atoms with E-state index in [9.17, 15) is 14.3 Å². The molecule has 0 fully saturated rings. The number of hydrogen-bond acceptors (Lipinski definition) is 6. The second-order valence-electron chi connectivity index (χ2n) is 7.30. The number of anilines is 2. The first kappa shape index (κ1) is 20.3. The van der Waals surface area contributed by atoms with Gasteiger partial charge in [-0.15, -0.1) is 0 Å². The largest absolute Gasteiger partial charge is 0.478 e. The number of carboxylic acid groups (broad SMARTS) is 1. The summed E-state index contributed by atoms with van der Waals surface area (Å²) in [6, 6.07) is 13.2. The lowest BCUT2D eigenvalue weighted by atomic mass is 10.1. The first-order valence-electron chi connectivity index (χ1n) is 9.60. The number of benzene rings is 2. The number of hydrogen-bond donors (Lipinski definition) is 2. The summed E-state index contributed by atoms with van der Waals surface area (Å²) in [5.74, 6) is -0.190. The van der Waals surface area contributed by atoms with Gasteiger partial charge in [-0.25, -0.2) is 9.18 Å². The van der Waals surface area contributed by atoms with Crippen LogP contribution in [0.5, 0.6) is 0 Å². The van der Waals surface area contributed by atoms with Gasteiger partial charge in [-0.3, -0.25) is 4.57 Å². The summed E-state index contributed by atoms with van der Waals surface area (Å²) < 4.78 is 15.3. The average molecular weight is 420 g/mol. The minimum absolute atomic E-state index is 0.214. The van der Waals surface area contributed by atoms with Gasteiger partial charge in [-0.1, -0.05) is 18.2 Å². The lowest BCUT2D eigenvalue weighted by molar-refractivity contribution is 0.0699. The molecule has 158 valence electrons. The molecule has 2 aromatic heterocycles. The minimum Gasteiger partial charge on any atom is -0.478 e. The van der Waals surface area contributed by atoms with Crippen molar-refractivity contribution in [3.05, 3.63) is 71.2 Å². The normalized spacial score (nSPS) is 11.0. The fourth-order valence-electron chi connectivity index (χ4n) is 3.38. The smallest absolute Gasteiger partial charge is 0.336 e. The van der Waals surface area contributed by atoms with Crippen molar-refractivity contribution >= 4 is 28.8 Å². The van der Waals surface area contributed by atoms with E-state index in [2.05, 4.69) is 20.3 Å². The zero-order chi connectivity index (χ0) is 22.1. The Morgan fingerprint density at radius 3 is 2.61 bits per heavy atom. The topological polar surface area (TPSA) is 96.2 Å². The molecule has 0 atom stereocenters. The van der Waals surface area contributed by atoms with Crippen molar-refractivity contribution in [3.63, 3.8) is 0 Å². The zero-order valence-corrected chi connectivity index (χ0v) is 17.3. The highest BCUT2D eigenvalue weighted by atomic mass is 19.1. The molecule has 0 bridgehead atoms. The Kier molecular flexibility index (Phi) is 5.24. The van der Waals surface area contributed by atoms with Gasteiger partial charge in [0, 0.05) is 31.7 Å². The summed E-state index contributed by atoms with van der Waals surface area (Å²) in [6.45, 7) is 2.20. The number of rotatable bonds is 6. The number of halogens is 1. The predicted octanol–water partition coefficient (Wildman–Crippen LogP) is 3.64. The average Bonchev–Trinajstić information content (AvgIpc) is 3.07. The lowest BCUT2D eigenvalue weighted by Gasteiger charge is -2.15. The van der Waals surface area contributed by atoms with Crippen molar-refractivity contribution in [3.8, 4) is 5.95 Å². The van der Waals surface area contributed by atoms with Gasteiger partial charge in [-0.2, -0.15) is 15.0 Å². The molecule has 4 aromatic rings. The van der Waals surface area contributed by atoms with Crippen LogP contribution in [0.4, 0.5) is 16.3 Å². The van der Waals surface area contributed by atoms with Crippen LogP contribution in [0.2, 0.25) is 0 Å². The van der Waals surface area contributed by atoms with E-state index in [1.807, 2.05) is 33.2 Å². The lowest BCUT2D eigenvalue weighted by Crippen LogP contribution is -2.17. The van der Waals surface area contributed by atoms with Crippen molar-refractivity contribution in [1.82, 2.24) is 19.5 Å². The van der Waals surface area contributed by atoms with Crippen molar-refractivity contribution < 1.29 is 14.3 Å². The van der Waals surface area contributed by atoms with Crippen molar-refractivity contribution in [2.75, 3.05) is 24.3 Å². The molecule has 31 heavy (non-hydrogen) atoms. The van der Waals surface area contributed by atoms with Crippen LogP contribution < -0.4 is 10.2 Å². The number of fused-ring (bicyclic) bond motifs is 1. The number of nitrogens with one attached hydrogen (secondary N) is 1. The zero-order valence-electron chi connectivity index (χ0n) is 17.3. The van der Waals surface area contributed by atoms with E-state index >= 15 is 0 Å². The summed E-state index contributed by atoms with van der Waals surface area (Å²) in [6.07, 6.45) is 0. The highest BCUT2D eigenvalue weighted by Crippen LogP contribution is 2.26. The van der Waals surface area contributed by atoms with Crippen molar-refractivity contribution in [2.24, 2.45) is 0 Å². The van der Waals surface area contributed by atoms with Crippen LogP contribution in [0.15, 0.2) is 48.5 Å².